The molecule has 23 heavy (non-hydrogen) atoms. The van der Waals surface area contributed by atoms with Crippen molar-refractivity contribution in [3.63, 3.8) is 0 Å². The first kappa shape index (κ1) is 17.0. The highest BCUT2D eigenvalue weighted by Gasteiger charge is 2.24. The highest BCUT2D eigenvalue weighted by atomic mass is 16.2. The molecule has 2 amide bonds. The van der Waals surface area contributed by atoms with Gasteiger partial charge in [-0.05, 0) is 50.2 Å². The molecule has 1 aliphatic heterocycles. The molecule has 1 saturated heterocycles. The van der Waals surface area contributed by atoms with Gasteiger partial charge in [-0.1, -0.05) is 0 Å². The number of benzene rings is 1. The van der Waals surface area contributed by atoms with Gasteiger partial charge in [0.25, 0.3) is 0 Å². The largest absolute Gasteiger partial charge is 0.326 e. The van der Waals surface area contributed by atoms with Crippen molar-refractivity contribution in [2.24, 2.45) is 5.92 Å². The van der Waals surface area contributed by atoms with E-state index in [0.717, 1.165) is 38.2 Å². The van der Waals surface area contributed by atoms with Crippen LogP contribution in [0.25, 0.3) is 0 Å². The highest BCUT2D eigenvalue weighted by molar-refractivity contribution is 5.93. The van der Waals surface area contributed by atoms with E-state index in [1.165, 1.54) is 6.92 Å². The number of hydrogen-bond donors (Lipinski definition) is 2. The summed E-state index contributed by atoms with van der Waals surface area (Å²) in [7, 11) is 0. The van der Waals surface area contributed by atoms with E-state index in [9.17, 15) is 9.59 Å². The number of amides is 2. The minimum absolute atomic E-state index is 0.0170. The normalized spacial score (nSPS) is 15.7. The number of likely N-dealkylation sites (tertiary alicyclic amines) is 1. The number of carbonyl (C=O) groups excluding carboxylic acids is 2. The second kappa shape index (κ2) is 8.30. The van der Waals surface area contributed by atoms with Crippen molar-refractivity contribution in [1.29, 1.82) is 5.26 Å². The van der Waals surface area contributed by atoms with Crippen LogP contribution in [0.15, 0.2) is 24.3 Å². The Hall–Kier alpha value is -2.39. The molecule has 0 bridgehead atoms. The molecule has 0 aromatic heterocycles. The summed E-state index contributed by atoms with van der Waals surface area (Å²) in [6, 6.07) is 9.25. The SMILES string of the molecule is CC(=O)Nc1ccc(NC(=O)C2CCN(CCC#N)CC2)cc1. The predicted molar refractivity (Wildman–Crippen MR) is 88.8 cm³/mol. The summed E-state index contributed by atoms with van der Waals surface area (Å²) in [5.74, 6) is -0.0643. The molecule has 6 heteroatoms. The van der Waals surface area contributed by atoms with Crippen LogP contribution < -0.4 is 10.6 Å². The summed E-state index contributed by atoms with van der Waals surface area (Å²) in [4.78, 5) is 25.5. The Morgan fingerprint density at radius 1 is 1.17 bits per heavy atom. The van der Waals surface area contributed by atoms with Gasteiger partial charge in [0.15, 0.2) is 0 Å². The Morgan fingerprint density at radius 2 is 1.74 bits per heavy atom. The molecular weight excluding hydrogens is 292 g/mol. The summed E-state index contributed by atoms with van der Waals surface area (Å²) in [6.07, 6.45) is 2.18. The Morgan fingerprint density at radius 3 is 2.26 bits per heavy atom. The van der Waals surface area contributed by atoms with E-state index >= 15 is 0 Å². The third kappa shape index (κ3) is 5.38. The monoisotopic (exact) mass is 314 g/mol. The maximum absolute atomic E-state index is 12.3. The zero-order chi connectivity index (χ0) is 16.7. The quantitative estimate of drug-likeness (QED) is 0.872. The van der Waals surface area contributed by atoms with Gasteiger partial charge >= 0.3 is 0 Å². The number of nitrogens with zero attached hydrogens (tertiary/aromatic N) is 2. The standard InChI is InChI=1S/C17H22N4O2/c1-13(22)19-15-3-5-16(6-4-15)20-17(23)14-7-11-21(12-8-14)10-2-9-18/h3-6,14H,2,7-8,10-12H2,1H3,(H,19,22)(H,20,23). The van der Waals surface area contributed by atoms with Crippen LogP contribution in [0.1, 0.15) is 26.2 Å². The second-order valence-corrected chi connectivity index (χ2v) is 5.77. The topological polar surface area (TPSA) is 85.2 Å². The van der Waals surface area contributed by atoms with Crippen LogP contribution in [0, 0.1) is 17.2 Å². The molecule has 0 aliphatic carbocycles. The summed E-state index contributed by atoms with van der Waals surface area (Å²) in [5, 5.41) is 14.2. The Balaban J connectivity index is 1.81. The molecular formula is C17H22N4O2. The van der Waals surface area contributed by atoms with Crippen LogP contribution in [0.4, 0.5) is 11.4 Å². The smallest absolute Gasteiger partial charge is 0.227 e. The molecule has 1 fully saturated rings. The Kier molecular flexibility index (Phi) is 6.12. The Bertz CT molecular complexity index is 584. The van der Waals surface area contributed by atoms with Gasteiger partial charge in [-0.2, -0.15) is 5.26 Å². The molecule has 1 aliphatic rings. The summed E-state index contributed by atoms with van der Waals surface area (Å²) >= 11 is 0. The predicted octanol–water partition coefficient (Wildman–Crippen LogP) is 2.21. The first-order chi connectivity index (χ1) is 11.1. The van der Waals surface area contributed by atoms with Crippen molar-refractivity contribution in [1.82, 2.24) is 4.90 Å². The summed E-state index contributed by atoms with van der Waals surface area (Å²) < 4.78 is 0. The molecule has 2 rings (SSSR count). The maximum atomic E-state index is 12.3. The molecule has 0 spiro atoms. The van der Waals surface area contributed by atoms with E-state index < -0.39 is 0 Å². The number of nitriles is 1. The molecule has 0 saturated carbocycles. The van der Waals surface area contributed by atoms with Gasteiger partial charge in [-0.3, -0.25) is 9.59 Å². The van der Waals surface area contributed by atoms with E-state index in [-0.39, 0.29) is 17.7 Å². The fourth-order valence-corrected chi connectivity index (χ4v) is 2.71. The number of hydrogen-bond acceptors (Lipinski definition) is 4. The minimum atomic E-state index is -0.120. The lowest BCUT2D eigenvalue weighted by Gasteiger charge is -2.30. The van der Waals surface area contributed by atoms with Gasteiger partial charge in [0.2, 0.25) is 11.8 Å². The van der Waals surface area contributed by atoms with Crippen LogP contribution in [0.2, 0.25) is 0 Å². The third-order valence-electron chi connectivity index (χ3n) is 3.97. The lowest BCUT2D eigenvalue weighted by atomic mass is 9.95. The van der Waals surface area contributed by atoms with Crippen LogP contribution >= 0.6 is 0 Å². The molecule has 0 unspecified atom stereocenters. The number of rotatable bonds is 5. The lowest BCUT2D eigenvalue weighted by molar-refractivity contribution is -0.121. The van der Waals surface area contributed by atoms with Crippen LogP contribution in [0.3, 0.4) is 0 Å². The molecule has 122 valence electrons. The molecule has 1 heterocycles. The number of nitrogens with one attached hydrogen (secondary N) is 2. The van der Waals surface area contributed by atoms with Crippen LogP contribution in [-0.4, -0.2) is 36.3 Å². The lowest BCUT2D eigenvalue weighted by Crippen LogP contribution is -2.38. The highest BCUT2D eigenvalue weighted by Crippen LogP contribution is 2.20. The van der Waals surface area contributed by atoms with Crippen molar-refractivity contribution in [2.75, 3.05) is 30.3 Å². The minimum Gasteiger partial charge on any atom is -0.326 e. The average molecular weight is 314 g/mol. The number of piperidine rings is 1. The van der Waals surface area contributed by atoms with Gasteiger partial charge < -0.3 is 15.5 Å². The van der Waals surface area contributed by atoms with Gasteiger partial charge in [0.1, 0.15) is 0 Å². The Labute approximate surface area is 136 Å². The van der Waals surface area contributed by atoms with E-state index in [1.54, 1.807) is 24.3 Å². The van der Waals surface area contributed by atoms with Crippen molar-refractivity contribution >= 4 is 23.2 Å². The van der Waals surface area contributed by atoms with E-state index in [2.05, 4.69) is 21.6 Å². The van der Waals surface area contributed by atoms with Gasteiger partial charge in [-0.25, -0.2) is 0 Å². The first-order valence-corrected chi connectivity index (χ1v) is 7.86. The van der Waals surface area contributed by atoms with Gasteiger partial charge in [-0.15, -0.1) is 0 Å². The van der Waals surface area contributed by atoms with Crippen molar-refractivity contribution in [3.8, 4) is 6.07 Å². The summed E-state index contributed by atoms with van der Waals surface area (Å²) in [6.45, 7) is 3.97. The van der Waals surface area contributed by atoms with Crippen molar-refractivity contribution < 1.29 is 9.59 Å². The van der Waals surface area contributed by atoms with E-state index in [0.29, 0.717) is 12.1 Å². The van der Waals surface area contributed by atoms with Crippen molar-refractivity contribution in [3.05, 3.63) is 24.3 Å². The van der Waals surface area contributed by atoms with E-state index in [4.69, 9.17) is 5.26 Å². The molecule has 0 radical (unpaired) electrons. The fourth-order valence-electron chi connectivity index (χ4n) is 2.71. The van der Waals surface area contributed by atoms with E-state index in [1.807, 2.05) is 0 Å². The van der Waals surface area contributed by atoms with Gasteiger partial charge in [0.05, 0.1) is 6.07 Å². The average Bonchev–Trinajstić information content (AvgIpc) is 2.54. The second-order valence-electron chi connectivity index (χ2n) is 5.77. The third-order valence-corrected chi connectivity index (χ3v) is 3.97. The summed E-state index contributed by atoms with van der Waals surface area (Å²) in [5.41, 5.74) is 1.44. The molecule has 0 atom stereocenters. The maximum Gasteiger partial charge on any atom is 0.227 e. The zero-order valence-corrected chi connectivity index (χ0v) is 13.3. The number of carbonyl (C=O) groups is 2. The van der Waals surface area contributed by atoms with Crippen LogP contribution in [-0.2, 0) is 9.59 Å². The fraction of sp³-hybridized carbons (Fsp3) is 0.471. The number of anilines is 2. The van der Waals surface area contributed by atoms with Crippen LogP contribution in [0.5, 0.6) is 0 Å². The molecule has 1 aromatic rings. The van der Waals surface area contributed by atoms with Gasteiger partial charge in [0, 0.05) is 37.2 Å². The zero-order valence-electron chi connectivity index (χ0n) is 13.3. The molecule has 2 N–H and O–H groups in total. The first-order valence-electron chi connectivity index (χ1n) is 7.86. The molecule has 6 nitrogen and oxygen atoms in total. The molecule has 1 aromatic carbocycles. The van der Waals surface area contributed by atoms with Crippen molar-refractivity contribution in [2.45, 2.75) is 26.2 Å².